The number of rotatable bonds is 5. The van der Waals surface area contributed by atoms with E-state index < -0.39 is 11.4 Å². The normalized spacial score (nSPS) is 9.20. The number of nitrogens with one attached hydrogen (secondary N) is 1. The number of halogens is 1. The van der Waals surface area contributed by atoms with Gasteiger partial charge in [0.25, 0.3) is 0 Å². The Balaban J connectivity index is 2.40. The Bertz CT molecular complexity index is 944. The van der Waals surface area contributed by atoms with Crippen LogP contribution in [0.15, 0.2) is 59.8 Å². The molecule has 2 rings (SSSR count). The summed E-state index contributed by atoms with van der Waals surface area (Å²) in [7, 11) is 0. The summed E-state index contributed by atoms with van der Waals surface area (Å²) < 4.78 is 13.6. The van der Waals surface area contributed by atoms with Gasteiger partial charge in [0.2, 0.25) is 0 Å². The van der Waals surface area contributed by atoms with Gasteiger partial charge in [-0.25, -0.2) is 4.39 Å². The van der Waals surface area contributed by atoms with E-state index in [1.165, 1.54) is 6.07 Å². The summed E-state index contributed by atoms with van der Waals surface area (Å²) in [6.07, 6.45) is 0.0495. The van der Waals surface area contributed by atoms with E-state index in [0.29, 0.717) is 0 Å². The maximum Gasteiger partial charge on any atom is 0.169 e. The lowest BCUT2D eigenvalue weighted by Crippen LogP contribution is -2.10. The highest BCUT2D eigenvalue weighted by atomic mass is 19.1. The first kappa shape index (κ1) is 17.4. The number of anilines is 1. The highest BCUT2D eigenvalue weighted by Crippen LogP contribution is 2.22. The molecule has 0 bridgehead atoms. The zero-order chi connectivity index (χ0) is 18.2. The lowest BCUT2D eigenvalue weighted by Gasteiger charge is -2.11. The van der Waals surface area contributed by atoms with Crippen LogP contribution in [0.3, 0.4) is 0 Å². The van der Waals surface area contributed by atoms with E-state index in [2.05, 4.69) is 5.32 Å². The van der Waals surface area contributed by atoms with Gasteiger partial charge in [-0.15, -0.1) is 0 Å². The number of carbonyl (C=O) groups is 1. The maximum atomic E-state index is 13.6. The molecule has 0 saturated heterocycles. The molecule has 0 aliphatic rings. The lowest BCUT2D eigenvalue weighted by molar-refractivity contribution is 0.0993. The van der Waals surface area contributed by atoms with E-state index in [9.17, 15) is 9.18 Å². The fourth-order valence-electron chi connectivity index (χ4n) is 2.15. The van der Waals surface area contributed by atoms with E-state index in [-0.39, 0.29) is 29.2 Å². The lowest BCUT2D eigenvalue weighted by atomic mass is 10.0. The third-order valence-electron chi connectivity index (χ3n) is 3.33. The zero-order valence-electron chi connectivity index (χ0n) is 13.0. The first-order chi connectivity index (χ1) is 12.1. The molecule has 0 heterocycles. The van der Waals surface area contributed by atoms with E-state index in [1.807, 2.05) is 6.07 Å². The van der Waals surface area contributed by atoms with Crippen molar-refractivity contribution in [2.24, 2.45) is 0 Å². The number of hydrogen-bond donors (Lipinski definition) is 1. The second-order valence-electron chi connectivity index (χ2n) is 4.99. The molecule has 0 aromatic heterocycles. The Morgan fingerprint density at radius 3 is 2.28 bits per heavy atom. The standard InChI is InChI=1S/C19H11FN4O/c20-15-6-7-17(24-18(12-23)14(10-21)11-22)16(9-15)19(25)8-13-4-2-1-3-5-13/h1-7,9,24H,8H2. The van der Waals surface area contributed by atoms with Gasteiger partial charge in [-0.05, 0) is 23.8 Å². The molecule has 0 unspecified atom stereocenters. The van der Waals surface area contributed by atoms with Crippen LogP contribution in [0, 0.1) is 39.8 Å². The van der Waals surface area contributed by atoms with Crippen molar-refractivity contribution < 1.29 is 9.18 Å². The zero-order valence-corrected chi connectivity index (χ0v) is 13.0. The second kappa shape index (κ2) is 8.06. The van der Waals surface area contributed by atoms with Crippen molar-refractivity contribution in [3.63, 3.8) is 0 Å². The molecule has 0 amide bonds. The van der Waals surface area contributed by atoms with Gasteiger partial charge in [0.15, 0.2) is 11.4 Å². The minimum atomic E-state index is -0.606. The SMILES string of the molecule is N#CC(C#N)=C(C#N)Nc1ccc(F)cc1C(=O)Cc1ccccc1. The number of nitrogens with zero attached hydrogens (tertiary/aromatic N) is 3. The van der Waals surface area contributed by atoms with Gasteiger partial charge in [0, 0.05) is 12.0 Å². The Kier molecular flexibility index (Phi) is 5.61. The maximum absolute atomic E-state index is 13.6. The molecule has 0 fully saturated rings. The quantitative estimate of drug-likeness (QED) is 0.668. The second-order valence-corrected chi connectivity index (χ2v) is 4.99. The van der Waals surface area contributed by atoms with Crippen LogP contribution in [-0.2, 0) is 6.42 Å². The summed E-state index contributed by atoms with van der Waals surface area (Å²) in [6.45, 7) is 0. The average molecular weight is 330 g/mol. The summed E-state index contributed by atoms with van der Waals surface area (Å²) in [6, 6.07) is 17.3. The van der Waals surface area contributed by atoms with Crippen LogP contribution in [0.1, 0.15) is 15.9 Å². The Labute approximate surface area is 143 Å². The van der Waals surface area contributed by atoms with Crippen LogP contribution < -0.4 is 5.32 Å². The number of ketones is 1. The first-order valence-corrected chi connectivity index (χ1v) is 7.17. The third-order valence-corrected chi connectivity index (χ3v) is 3.33. The Hall–Kier alpha value is -3.95. The van der Waals surface area contributed by atoms with Gasteiger partial charge in [-0.2, -0.15) is 15.8 Å². The Morgan fingerprint density at radius 1 is 1.00 bits per heavy atom. The molecule has 2 aromatic carbocycles. The summed E-state index contributed by atoms with van der Waals surface area (Å²) in [5, 5.41) is 29.4. The summed E-state index contributed by atoms with van der Waals surface area (Å²) in [5.41, 5.74) is 0.223. The minimum Gasteiger partial charge on any atom is -0.345 e. The first-order valence-electron chi connectivity index (χ1n) is 7.17. The largest absolute Gasteiger partial charge is 0.345 e. The third kappa shape index (κ3) is 4.28. The fraction of sp³-hybridized carbons (Fsp3) is 0.0526. The number of Topliss-reactive ketones (excluding diaryl/α,β-unsaturated/α-hetero) is 1. The van der Waals surface area contributed by atoms with E-state index in [0.717, 1.165) is 17.7 Å². The summed E-state index contributed by atoms with van der Waals surface area (Å²) in [4.78, 5) is 12.5. The van der Waals surface area contributed by atoms with Crippen LogP contribution in [0.25, 0.3) is 0 Å². The van der Waals surface area contributed by atoms with Crippen molar-refractivity contribution in [3.05, 3.63) is 76.7 Å². The van der Waals surface area contributed by atoms with Crippen molar-refractivity contribution in [2.45, 2.75) is 6.42 Å². The smallest absolute Gasteiger partial charge is 0.169 e. The summed E-state index contributed by atoms with van der Waals surface area (Å²) >= 11 is 0. The van der Waals surface area contributed by atoms with Crippen LogP contribution >= 0.6 is 0 Å². The van der Waals surface area contributed by atoms with E-state index in [1.54, 1.807) is 42.5 Å². The van der Waals surface area contributed by atoms with Crippen molar-refractivity contribution in [1.82, 2.24) is 0 Å². The van der Waals surface area contributed by atoms with Gasteiger partial charge in [-0.3, -0.25) is 4.79 Å². The molecule has 1 N–H and O–H groups in total. The van der Waals surface area contributed by atoms with Crippen LogP contribution in [0.2, 0.25) is 0 Å². The molecular weight excluding hydrogens is 319 g/mol. The number of allylic oxidation sites excluding steroid dienone is 2. The molecule has 6 heteroatoms. The number of carbonyl (C=O) groups excluding carboxylic acids is 1. The van der Waals surface area contributed by atoms with Gasteiger partial charge in [-0.1, -0.05) is 30.3 Å². The molecule has 0 spiro atoms. The van der Waals surface area contributed by atoms with Gasteiger partial charge < -0.3 is 5.32 Å². The molecule has 0 saturated carbocycles. The highest BCUT2D eigenvalue weighted by Gasteiger charge is 2.16. The van der Waals surface area contributed by atoms with Crippen LogP contribution in [0.4, 0.5) is 10.1 Å². The van der Waals surface area contributed by atoms with Crippen molar-refractivity contribution >= 4 is 11.5 Å². The number of nitriles is 3. The molecule has 120 valence electrons. The van der Waals surface area contributed by atoms with Crippen molar-refractivity contribution in [1.29, 1.82) is 15.8 Å². The molecule has 0 aliphatic carbocycles. The number of hydrogen-bond acceptors (Lipinski definition) is 5. The Morgan fingerprint density at radius 2 is 1.68 bits per heavy atom. The van der Waals surface area contributed by atoms with Gasteiger partial charge in [0.05, 0.1) is 5.69 Å². The van der Waals surface area contributed by atoms with Crippen molar-refractivity contribution in [3.8, 4) is 18.2 Å². The molecule has 0 aliphatic heterocycles. The summed E-state index contributed by atoms with van der Waals surface area (Å²) in [5.74, 6) is -0.966. The van der Waals surface area contributed by atoms with E-state index in [4.69, 9.17) is 15.8 Å². The predicted octanol–water partition coefficient (Wildman–Crippen LogP) is 3.49. The fourth-order valence-corrected chi connectivity index (χ4v) is 2.15. The molecule has 0 radical (unpaired) electrons. The predicted molar refractivity (Wildman–Crippen MR) is 88.4 cm³/mol. The molecular formula is C19H11FN4O. The van der Waals surface area contributed by atoms with Crippen LogP contribution in [-0.4, -0.2) is 5.78 Å². The highest BCUT2D eigenvalue weighted by molar-refractivity contribution is 6.02. The average Bonchev–Trinajstić information content (AvgIpc) is 2.63. The molecule has 2 aromatic rings. The minimum absolute atomic E-state index is 0.0341. The monoisotopic (exact) mass is 330 g/mol. The molecule has 0 atom stereocenters. The number of benzene rings is 2. The van der Waals surface area contributed by atoms with Gasteiger partial charge in [0.1, 0.15) is 29.7 Å². The molecule has 5 nitrogen and oxygen atoms in total. The topological polar surface area (TPSA) is 100 Å². The molecule has 25 heavy (non-hydrogen) atoms. The van der Waals surface area contributed by atoms with Crippen molar-refractivity contribution in [2.75, 3.05) is 5.32 Å². The van der Waals surface area contributed by atoms with E-state index >= 15 is 0 Å². The van der Waals surface area contributed by atoms with Crippen LogP contribution in [0.5, 0.6) is 0 Å². The van der Waals surface area contributed by atoms with Gasteiger partial charge >= 0.3 is 0 Å².